The number of nitrogens with zero attached hydrogens (tertiary/aromatic N) is 2. The first kappa shape index (κ1) is 13.9. The first-order valence-corrected chi connectivity index (χ1v) is 6.89. The topological polar surface area (TPSA) is 36.3 Å². The minimum Gasteiger partial charge on any atom is -0.357 e. The molecule has 4 nitrogen and oxygen atoms in total. The highest BCUT2D eigenvalue weighted by molar-refractivity contribution is 5.20. The van der Waals surface area contributed by atoms with Crippen LogP contribution in [0, 0.1) is 5.92 Å². The van der Waals surface area contributed by atoms with Gasteiger partial charge in [0.25, 0.3) is 0 Å². The molecule has 1 aliphatic carbocycles. The molecule has 7 heteroatoms. The van der Waals surface area contributed by atoms with Gasteiger partial charge in [0.05, 0.1) is 12.8 Å². The molecule has 2 aliphatic rings. The van der Waals surface area contributed by atoms with E-state index in [0.29, 0.717) is 0 Å². The van der Waals surface area contributed by atoms with Gasteiger partial charge in [-0.3, -0.25) is 4.74 Å². The van der Waals surface area contributed by atoms with Crippen molar-refractivity contribution in [2.75, 3.05) is 13.2 Å². The predicted octanol–water partition coefficient (Wildman–Crippen LogP) is 3.22. The lowest BCUT2D eigenvalue weighted by Crippen LogP contribution is -2.18. The second kappa shape index (κ2) is 5.37. The fourth-order valence-electron chi connectivity index (χ4n) is 2.68. The Morgan fingerprint density at radius 3 is 2.95 bits per heavy atom. The van der Waals surface area contributed by atoms with E-state index in [1.54, 1.807) is 10.9 Å². The maximum Gasteiger partial charge on any atom is 0.522 e. The maximum atomic E-state index is 12.0. The number of ether oxygens (including phenoxy) is 2. The third-order valence-electron chi connectivity index (χ3n) is 3.88. The predicted molar refractivity (Wildman–Crippen MR) is 63.9 cm³/mol. The Labute approximate surface area is 114 Å². The molecule has 0 amide bonds. The van der Waals surface area contributed by atoms with Crippen molar-refractivity contribution < 1.29 is 22.6 Å². The summed E-state index contributed by atoms with van der Waals surface area (Å²) in [5.74, 6) is 0.0799. The summed E-state index contributed by atoms with van der Waals surface area (Å²) in [6, 6.07) is 0. The van der Waals surface area contributed by atoms with Crippen LogP contribution in [0.2, 0.25) is 0 Å². The summed E-state index contributed by atoms with van der Waals surface area (Å²) in [6.45, 7) is 0.477. The number of rotatable bonds is 4. The van der Waals surface area contributed by atoms with Gasteiger partial charge in [-0.2, -0.15) is 5.10 Å². The summed E-state index contributed by atoms with van der Waals surface area (Å²) in [4.78, 5) is 0. The summed E-state index contributed by atoms with van der Waals surface area (Å²) in [5.41, 5.74) is 0.981. The minimum atomic E-state index is -4.53. The normalized spacial score (nSPS) is 30.4. The van der Waals surface area contributed by atoms with Gasteiger partial charge in [0.15, 0.2) is 0 Å². The highest BCUT2D eigenvalue weighted by Crippen LogP contribution is 2.48. The average Bonchev–Trinajstić information content (AvgIpc) is 3.03. The molecule has 1 aromatic heterocycles. The van der Waals surface area contributed by atoms with Gasteiger partial charge < -0.3 is 4.74 Å². The maximum absolute atomic E-state index is 12.0. The molecule has 1 unspecified atom stereocenters. The molecule has 3 atom stereocenters. The third-order valence-corrected chi connectivity index (χ3v) is 3.88. The van der Waals surface area contributed by atoms with E-state index in [4.69, 9.17) is 4.74 Å². The molecule has 1 aromatic rings. The SMILES string of the molecule is FC(F)(F)OC[C@@H]1C[C@H]1c1cnn(C2CCCCO2)c1. The molecule has 2 fully saturated rings. The molecular formula is C13H17F3N2O2. The van der Waals surface area contributed by atoms with Crippen molar-refractivity contribution in [3.05, 3.63) is 18.0 Å². The Balaban J connectivity index is 1.53. The Kier molecular flexibility index (Phi) is 3.72. The third kappa shape index (κ3) is 3.32. The van der Waals surface area contributed by atoms with Crippen LogP contribution in [-0.4, -0.2) is 29.4 Å². The van der Waals surface area contributed by atoms with Crippen LogP contribution >= 0.6 is 0 Å². The minimum absolute atomic E-state index is 0.0267. The molecule has 0 radical (unpaired) electrons. The van der Waals surface area contributed by atoms with Crippen LogP contribution in [0.25, 0.3) is 0 Å². The summed E-state index contributed by atoms with van der Waals surface area (Å²) in [5, 5.41) is 4.27. The van der Waals surface area contributed by atoms with Crippen molar-refractivity contribution in [1.82, 2.24) is 9.78 Å². The van der Waals surface area contributed by atoms with E-state index < -0.39 is 6.36 Å². The van der Waals surface area contributed by atoms with E-state index in [2.05, 4.69) is 9.84 Å². The number of hydrogen-bond donors (Lipinski definition) is 0. The molecule has 0 bridgehead atoms. The first-order chi connectivity index (χ1) is 9.53. The van der Waals surface area contributed by atoms with Crippen molar-refractivity contribution >= 4 is 0 Å². The van der Waals surface area contributed by atoms with Crippen molar-refractivity contribution in [3.63, 3.8) is 0 Å². The van der Waals surface area contributed by atoms with Crippen LogP contribution in [0.3, 0.4) is 0 Å². The van der Waals surface area contributed by atoms with E-state index in [9.17, 15) is 13.2 Å². The summed E-state index contributed by atoms with van der Waals surface area (Å²) in [6.07, 6.45) is 2.92. The lowest BCUT2D eigenvalue weighted by atomic mass is 10.2. The highest BCUT2D eigenvalue weighted by atomic mass is 19.4. The second-order valence-electron chi connectivity index (χ2n) is 5.43. The quantitative estimate of drug-likeness (QED) is 0.854. The first-order valence-electron chi connectivity index (χ1n) is 6.89. The molecule has 1 saturated carbocycles. The zero-order valence-electron chi connectivity index (χ0n) is 11.0. The molecule has 2 heterocycles. The lowest BCUT2D eigenvalue weighted by Gasteiger charge is -2.22. The summed E-state index contributed by atoms with van der Waals surface area (Å²) >= 11 is 0. The number of hydrogen-bond acceptors (Lipinski definition) is 3. The fourth-order valence-corrected chi connectivity index (χ4v) is 2.68. The Bertz CT molecular complexity index is 455. The van der Waals surface area contributed by atoms with Gasteiger partial charge >= 0.3 is 6.36 Å². The van der Waals surface area contributed by atoms with E-state index >= 15 is 0 Å². The second-order valence-corrected chi connectivity index (χ2v) is 5.43. The standard InChI is InChI=1S/C13H17F3N2O2/c14-13(15,16)20-8-9-5-11(9)10-6-17-18(7-10)12-3-1-2-4-19-12/h6-7,9,11-12H,1-5,8H2/t9-,11+,12?/m0/s1. The van der Waals surface area contributed by atoms with Crippen LogP contribution < -0.4 is 0 Å². The smallest absolute Gasteiger partial charge is 0.357 e. The number of alkyl halides is 3. The van der Waals surface area contributed by atoms with Gasteiger partial charge in [-0.1, -0.05) is 0 Å². The zero-order chi connectivity index (χ0) is 14.2. The van der Waals surface area contributed by atoms with Gasteiger partial charge in [0.1, 0.15) is 6.23 Å². The summed E-state index contributed by atoms with van der Waals surface area (Å²) < 4.78 is 47.2. The van der Waals surface area contributed by atoms with E-state index in [-0.39, 0.29) is 24.7 Å². The van der Waals surface area contributed by atoms with Crippen LogP contribution in [0.5, 0.6) is 0 Å². The van der Waals surface area contributed by atoms with Gasteiger partial charge in [-0.15, -0.1) is 13.2 Å². The van der Waals surface area contributed by atoms with E-state index in [1.165, 1.54) is 0 Å². The average molecular weight is 290 g/mol. The lowest BCUT2D eigenvalue weighted by molar-refractivity contribution is -0.326. The summed E-state index contributed by atoms with van der Waals surface area (Å²) in [7, 11) is 0. The molecule has 1 saturated heterocycles. The molecule has 3 rings (SSSR count). The zero-order valence-corrected chi connectivity index (χ0v) is 11.0. The monoisotopic (exact) mass is 290 g/mol. The van der Waals surface area contributed by atoms with Gasteiger partial charge in [-0.25, -0.2) is 4.68 Å². The van der Waals surface area contributed by atoms with Gasteiger partial charge in [0, 0.05) is 12.8 Å². The van der Waals surface area contributed by atoms with Crippen molar-refractivity contribution in [1.29, 1.82) is 0 Å². The van der Waals surface area contributed by atoms with E-state index in [0.717, 1.165) is 37.9 Å². The van der Waals surface area contributed by atoms with E-state index in [1.807, 2.05) is 6.20 Å². The Morgan fingerprint density at radius 1 is 1.40 bits per heavy atom. The van der Waals surface area contributed by atoms with Crippen molar-refractivity contribution in [3.8, 4) is 0 Å². The number of aromatic nitrogens is 2. The number of halogens is 3. The Hall–Kier alpha value is -1.08. The van der Waals surface area contributed by atoms with Gasteiger partial charge in [-0.05, 0) is 43.1 Å². The fraction of sp³-hybridized carbons (Fsp3) is 0.769. The molecule has 1 aliphatic heterocycles. The van der Waals surface area contributed by atoms with Crippen molar-refractivity contribution in [2.45, 2.75) is 44.2 Å². The van der Waals surface area contributed by atoms with Crippen LogP contribution in [0.1, 0.15) is 43.4 Å². The highest BCUT2D eigenvalue weighted by Gasteiger charge is 2.42. The van der Waals surface area contributed by atoms with Crippen LogP contribution in [0.4, 0.5) is 13.2 Å². The van der Waals surface area contributed by atoms with Crippen LogP contribution in [0.15, 0.2) is 12.4 Å². The molecule has 20 heavy (non-hydrogen) atoms. The van der Waals surface area contributed by atoms with Gasteiger partial charge in [0.2, 0.25) is 0 Å². The molecule has 112 valence electrons. The van der Waals surface area contributed by atoms with Crippen molar-refractivity contribution in [2.24, 2.45) is 5.92 Å². The Morgan fingerprint density at radius 2 is 2.25 bits per heavy atom. The molecule has 0 spiro atoms. The molecular weight excluding hydrogens is 273 g/mol. The largest absolute Gasteiger partial charge is 0.522 e. The molecule has 0 aromatic carbocycles. The van der Waals surface area contributed by atoms with Crippen LogP contribution in [-0.2, 0) is 9.47 Å². The molecule has 0 N–H and O–H groups in total.